The number of hydrogen-bond acceptors (Lipinski definition) is 5. The topological polar surface area (TPSA) is 64.6 Å². The van der Waals surface area contributed by atoms with Gasteiger partial charge in [-0.05, 0) is 55.3 Å². The zero-order chi connectivity index (χ0) is 21.9. The van der Waals surface area contributed by atoms with Crippen LogP contribution in [0.3, 0.4) is 0 Å². The van der Waals surface area contributed by atoms with Crippen molar-refractivity contribution in [3.63, 3.8) is 0 Å². The monoisotopic (exact) mass is 467 g/mol. The molecule has 1 aromatic heterocycles. The van der Waals surface area contributed by atoms with Crippen LogP contribution in [0, 0.1) is 12.7 Å². The summed E-state index contributed by atoms with van der Waals surface area (Å²) in [5.74, 6) is -0.953. The summed E-state index contributed by atoms with van der Waals surface area (Å²) in [7, 11) is -2.39. The van der Waals surface area contributed by atoms with Crippen LogP contribution in [0.4, 0.5) is 10.1 Å². The second kappa shape index (κ2) is 9.31. The van der Waals surface area contributed by atoms with E-state index in [2.05, 4.69) is 5.09 Å². The highest BCUT2D eigenvalue weighted by Gasteiger charge is 2.31. The molecular weight excluding hydrogens is 448 g/mol. The first-order valence-corrected chi connectivity index (χ1v) is 11.9. The SMILES string of the molecule is CCOP(=O)(Nc1cc(-c2ccc(F)cc2)sc1C(=O)OC)c1ccc(C)cc1Cl. The zero-order valence-electron chi connectivity index (χ0n) is 16.6. The van der Waals surface area contributed by atoms with E-state index in [0.29, 0.717) is 26.5 Å². The number of benzene rings is 2. The highest BCUT2D eigenvalue weighted by molar-refractivity contribution is 7.68. The van der Waals surface area contributed by atoms with Crippen LogP contribution in [0.1, 0.15) is 22.2 Å². The molecule has 0 amide bonds. The van der Waals surface area contributed by atoms with Crippen molar-refractivity contribution in [2.75, 3.05) is 18.8 Å². The number of carbonyl (C=O) groups is 1. The lowest BCUT2D eigenvalue weighted by molar-refractivity contribution is 0.0607. The maximum Gasteiger partial charge on any atom is 0.350 e. The Morgan fingerprint density at radius 1 is 1.20 bits per heavy atom. The molecule has 1 unspecified atom stereocenters. The van der Waals surface area contributed by atoms with E-state index in [1.165, 1.54) is 19.2 Å². The second-order valence-corrected chi connectivity index (χ2v) is 9.91. The third-order valence-corrected chi connectivity index (χ3v) is 8.02. The summed E-state index contributed by atoms with van der Waals surface area (Å²) in [5.41, 5.74) is 1.91. The van der Waals surface area contributed by atoms with E-state index < -0.39 is 13.5 Å². The standard InChI is InChI=1S/C21H20ClFNO4PS/c1-4-28-29(26,18-10-5-13(2)11-16(18)22)24-17-12-19(30-20(17)21(25)27-3)14-6-8-15(23)9-7-14/h5-12H,4H2,1-3H3,(H,24,26). The Balaban J connectivity index is 2.08. The predicted octanol–water partition coefficient (Wildman–Crippen LogP) is 6.27. The van der Waals surface area contributed by atoms with Gasteiger partial charge < -0.3 is 14.3 Å². The van der Waals surface area contributed by atoms with Crippen molar-refractivity contribution in [1.82, 2.24) is 0 Å². The van der Waals surface area contributed by atoms with E-state index in [1.54, 1.807) is 43.3 Å². The first-order chi connectivity index (χ1) is 14.3. The summed E-state index contributed by atoms with van der Waals surface area (Å²) < 4.78 is 37.5. The molecule has 9 heteroatoms. The van der Waals surface area contributed by atoms with Gasteiger partial charge in [0.1, 0.15) is 10.7 Å². The molecule has 0 saturated carbocycles. The number of ether oxygens (including phenoxy) is 1. The molecule has 0 bridgehead atoms. The molecule has 0 radical (unpaired) electrons. The second-order valence-electron chi connectivity index (χ2n) is 6.39. The molecule has 0 saturated heterocycles. The molecule has 1 heterocycles. The van der Waals surface area contributed by atoms with Crippen LogP contribution < -0.4 is 10.4 Å². The minimum atomic E-state index is -3.66. The molecule has 30 heavy (non-hydrogen) atoms. The summed E-state index contributed by atoms with van der Waals surface area (Å²) in [5, 5.41) is 3.51. The van der Waals surface area contributed by atoms with Crippen molar-refractivity contribution in [1.29, 1.82) is 0 Å². The van der Waals surface area contributed by atoms with E-state index in [-0.39, 0.29) is 17.3 Å². The Morgan fingerprint density at radius 3 is 2.50 bits per heavy atom. The number of thiophene rings is 1. The van der Waals surface area contributed by atoms with E-state index >= 15 is 0 Å². The Hall–Kier alpha value is -2.18. The first-order valence-electron chi connectivity index (χ1n) is 9.05. The molecule has 2 aromatic carbocycles. The lowest BCUT2D eigenvalue weighted by Gasteiger charge is -2.21. The number of esters is 1. The Morgan fingerprint density at radius 2 is 1.90 bits per heavy atom. The van der Waals surface area contributed by atoms with Crippen molar-refractivity contribution in [2.24, 2.45) is 0 Å². The minimum Gasteiger partial charge on any atom is -0.465 e. The van der Waals surface area contributed by atoms with E-state index in [1.807, 2.05) is 6.92 Å². The largest absolute Gasteiger partial charge is 0.465 e. The fraction of sp³-hybridized carbons (Fsp3) is 0.190. The van der Waals surface area contributed by atoms with Gasteiger partial charge in [-0.2, -0.15) is 0 Å². The third-order valence-electron chi connectivity index (χ3n) is 4.23. The van der Waals surface area contributed by atoms with Crippen LogP contribution in [0.5, 0.6) is 0 Å². The van der Waals surface area contributed by atoms with Crippen molar-refractivity contribution in [2.45, 2.75) is 13.8 Å². The smallest absolute Gasteiger partial charge is 0.350 e. The number of halogens is 2. The minimum absolute atomic E-state index is 0.164. The number of hydrogen-bond donors (Lipinski definition) is 1. The molecule has 1 N–H and O–H groups in total. The number of carbonyl (C=O) groups excluding carboxylic acids is 1. The van der Waals surface area contributed by atoms with Gasteiger partial charge in [0.2, 0.25) is 0 Å². The zero-order valence-corrected chi connectivity index (χ0v) is 19.0. The maximum atomic E-state index is 13.8. The number of nitrogens with one attached hydrogen (secondary N) is 1. The molecular formula is C21H20ClFNO4PS. The van der Waals surface area contributed by atoms with Gasteiger partial charge in [-0.1, -0.05) is 29.8 Å². The van der Waals surface area contributed by atoms with E-state index in [9.17, 15) is 13.8 Å². The van der Waals surface area contributed by atoms with Gasteiger partial charge in [0.05, 0.1) is 29.7 Å². The van der Waals surface area contributed by atoms with Crippen LogP contribution in [0.15, 0.2) is 48.5 Å². The van der Waals surface area contributed by atoms with Crippen LogP contribution in [0.2, 0.25) is 5.02 Å². The Bertz CT molecular complexity index is 1120. The summed E-state index contributed by atoms with van der Waals surface area (Å²) in [6.45, 7) is 3.75. The molecule has 0 fully saturated rings. The summed E-state index contributed by atoms with van der Waals surface area (Å²) in [6, 6.07) is 12.7. The van der Waals surface area contributed by atoms with Crippen LogP contribution in [0.25, 0.3) is 10.4 Å². The van der Waals surface area contributed by atoms with Gasteiger partial charge in [-0.3, -0.25) is 4.57 Å². The summed E-state index contributed by atoms with van der Waals surface area (Å²) in [6.07, 6.45) is 0. The maximum absolute atomic E-state index is 13.8. The van der Waals surface area contributed by atoms with E-state index in [4.69, 9.17) is 20.9 Å². The lowest BCUT2D eigenvalue weighted by Crippen LogP contribution is -2.16. The number of aryl methyl sites for hydroxylation is 1. The van der Waals surface area contributed by atoms with Gasteiger partial charge >= 0.3 is 13.5 Å². The fourth-order valence-electron chi connectivity index (χ4n) is 2.83. The van der Waals surface area contributed by atoms with Gasteiger partial charge in [0.15, 0.2) is 0 Å². The van der Waals surface area contributed by atoms with Gasteiger partial charge in [0.25, 0.3) is 0 Å². The molecule has 3 aromatic rings. The highest BCUT2D eigenvalue weighted by Crippen LogP contribution is 2.50. The van der Waals surface area contributed by atoms with Crippen molar-refractivity contribution in [3.05, 3.63) is 69.8 Å². The summed E-state index contributed by atoms with van der Waals surface area (Å²) in [4.78, 5) is 13.3. The molecule has 0 aliphatic heterocycles. The molecule has 5 nitrogen and oxygen atoms in total. The van der Waals surface area contributed by atoms with Crippen molar-refractivity contribution < 1.29 is 23.0 Å². The molecule has 0 spiro atoms. The summed E-state index contributed by atoms with van der Waals surface area (Å²) >= 11 is 7.49. The third kappa shape index (κ3) is 4.76. The Kier molecular flexibility index (Phi) is 6.98. The van der Waals surface area contributed by atoms with Crippen molar-refractivity contribution in [3.8, 4) is 10.4 Å². The van der Waals surface area contributed by atoms with Gasteiger partial charge in [0, 0.05) is 4.88 Å². The lowest BCUT2D eigenvalue weighted by atomic mass is 10.2. The van der Waals surface area contributed by atoms with Gasteiger partial charge in [-0.15, -0.1) is 11.3 Å². The molecule has 1 atom stereocenters. The number of rotatable bonds is 7. The fourth-order valence-corrected chi connectivity index (χ4v) is 6.31. The van der Waals surface area contributed by atoms with Crippen LogP contribution >= 0.6 is 30.5 Å². The number of methoxy groups -OCH3 is 1. The average molecular weight is 468 g/mol. The van der Waals surface area contributed by atoms with Crippen LogP contribution in [-0.4, -0.2) is 19.7 Å². The first kappa shape index (κ1) is 22.5. The van der Waals surface area contributed by atoms with Crippen molar-refractivity contribution >= 4 is 47.4 Å². The predicted molar refractivity (Wildman–Crippen MR) is 120 cm³/mol. The molecule has 158 valence electrons. The molecule has 3 rings (SSSR count). The van der Waals surface area contributed by atoms with E-state index in [0.717, 1.165) is 16.9 Å². The molecule has 0 aliphatic rings. The Labute approximate surface area is 183 Å². The highest BCUT2D eigenvalue weighted by atomic mass is 35.5. The van der Waals surface area contributed by atoms with Crippen LogP contribution in [-0.2, 0) is 13.8 Å². The normalized spacial score (nSPS) is 13.0. The quantitative estimate of drug-likeness (QED) is 0.328. The van der Waals surface area contributed by atoms with Gasteiger partial charge in [-0.25, -0.2) is 9.18 Å². The molecule has 0 aliphatic carbocycles. The average Bonchev–Trinajstić information content (AvgIpc) is 3.11. The number of anilines is 1.